The van der Waals surface area contributed by atoms with Crippen LogP contribution in [0, 0.1) is 0 Å². The Balaban J connectivity index is 1.40. The molecule has 0 spiro atoms. The van der Waals surface area contributed by atoms with Crippen molar-refractivity contribution in [3.8, 4) is 11.5 Å². The average Bonchev–Trinajstić information content (AvgIpc) is 3.63. The van der Waals surface area contributed by atoms with E-state index >= 15 is 0 Å². The summed E-state index contributed by atoms with van der Waals surface area (Å²) < 4.78 is 61.9. The van der Waals surface area contributed by atoms with Crippen molar-refractivity contribution < 1.29 is 26.9 Å². The summed E-state index contributed by atoms with van der Waals surface area (Å²) in [5.41, 5.74) is 0.901. The molecule has 3 aromatic heterocycles. The normalized spacial score (nSPS) is 18.3. The molecule has 40 heavy (non-hydrogen) atoms. The van der Waals surface area contributed by atoms with Gasteiger partial charge in [-0.1, -0.05) is 22.6 Å². The summed E-state index contributed by atoms with van der Waals surface area (Å²) in [5, 5.41) is 10.9. The van der Waals surface area contributed by atoms with E-state index in [0.29, 0.717) is 39.6 Å². The number of amides is 1. The number of hydrogen-bond acceptors (Lipinski definition) is 9. The smallest absolute Gasteiger partial charge is 0.379 e. The molecule has 1 saturated heterocycles. The van der Waals surface area contributed by atoms with Gasteiger partial charge in [0, 0.05) is 38.3 Å². The zero-order valence-electron chi connectivity index (χ0n) is 22.0. The largest absolute Gasteiger partial charge is 0.406 e. The van der Waals surface area contributed by atoms with E-state index in [-0.39, 0.29) is 30.5 Å². The lowest BCUT2D eigenvalue weighted by molar-refractivity contribution is -0.139. The Labute approximate surface area is 231 Å². The van der Waals surface area contributed by atoms with Gasteiger partial charge in [0.25, 0.3) is 5.91 Å². The monoisotopic (exact) mass is 580 g/mol. The molecule has 15 heteroatoms. The third-order valence-corrected chi connectivity index (χ3v) is 7.73. The van der Waals surface area contributed by atoms with Crippen molar-refractivity contribution in [1.82, 2.24) is 29.9 Å². The molecule has 0 aliphatic carbocycles. The van der Waals surface area contributed by atoms with Gasteiger partial charge in [0.15, 0.2) is 5.13 Å². The molecule has 0 unspecified atom stereocenters. The molecule has 5 rings (SSSR count). The summed E-state index contributed by atoms with van der Waals surface area (Å²) in [6, 6.07) is 5.98. The molecular formula is C25H28F4N8O2S. The quantitative estimate of drug-likeness (QED) is 0.300. The van der Waals surface area contributed by atoms with Crippen molar-refractivity contribution >= 4 is 39.0 Å². The summed E-state index contributed by atoms with van der Waals surface area (Å²) in [6.07, 6.45) is -3.64. The third-order valence-electron chi connectivity index (χ3n) is 6.57. The molecule has 1 fully saturated rings. The Morgan fingerprint density at radius 1 is 1.30 bits per heavy atom. The van der Waals surface area contributed by atoms with E-state index in [1.165, 1.54) is 17.5 Å². The maximum absolute atomic E-state index is 14.7. The molecule has 1 aromatic carbocycles. The second-order valence-corrected chi connectivity index (χ2v) is 10.9. The number of piperidine rings is 1. The van der Waals surface area contributed by atoms with Crippen LogP contribution in [0.15, 0.2) is 35.0 Å². The van der Waals surface area contributed by atoms with Gasteiger partial charge in [0.2, 0.25) is 11.7 Å². The first-order chi connectivity index (χ1) is 19.0. The van der Waals surface area contributed by atoms with E-state index in [4.69, 9.17) is 4.52 Å². The van der Waals surface area contributed by atoms with Crippen molar-refractivity contribution in [3.05, 3.63) is 41.2 Å². The highest BCUT2D eigenvalue weighted by Crippen LogP contribution is 2.35. The molecule has 214 valence electrons. The lowest BCUT2D eigenvalue weighted by Gasteiger charge is -2.33. The summed E-state index contributed by atoms with van der Waals surface area (Å²) >= 11 is 1.20. The maximum atomic E-state index is 14.7. The van der Waals surface area contributed by atoms with Crippen LogP contribution < -0.4 is 15.5 Å². The van der Waals surface area contributed by atoms with Crippen molar-refractivity contribution in [2.45, 2.75) is 37.9 Å². The Morgan fingerprint density at radius 3 is 2.80 bits per heavy atom. The van der Waals surface area contributed by atoms with Crippen LogP contribution in [0.5, 0.6) is 0 Å². The predicted octanol–water partition coefficient (Wildman–Crippen LogP) is 4.16. The van der Waals surface area contributed by atoms with Gasteiger partial charge in [-0.25, -0.2) is 9.37 Å². The third kappa shape index (κ3) is 6.04. The fourth-order valence-electron chi connectivity index (χ4n) is 4.61. The van der Waals surface area contributed by atoms with Gasteiger partial charge >= 0.3 is 6.18 Å². The number of hydrogen-bond donors (Lipinski definition) is 2. The number of thiazole rings is 1. The number of nitrogens with zero attached hydrogens (tertiary/aromatic N) is 6. The number of carbonyl (C=O) groups is 1. The number of anilines is 2. The van der Waals surface area contributed by atoms with Gasteiger partial charge in [-0.2, -0.15) is 18.2 Å². The van der Waals surface area contributed by atoms with Crippen molar-refractivity contribution in [1.29, 1.82) is 0 Å². The van der Waals surface area contributed by atoms with E-state index in [2.05, 4.69) is 25.8 Å². The minimum atomic E-state index is -4.52. The Morgan fingerprint density at radius 2 is 2.10 bits per heavy atom. The van der Waals surface area contributed by atoms with Crippen molar-refractivity contribution in [2.75, 3.05) is 44.4 Å². The number of aromatic nitrogens is 4. The standard InChI is InChI=1S/C25H28F4N8O2S/c1-35(2)24-31-10-20(40-24)23(38)30-11-21-33-22(34-39-21)19-9-14-16(32-17-7-8-36(3)12-15(17)26)5-4-6-18(14)37(19)13-25(27,28)29/h4-6,9-10,15,17,32H,7-8,11-13H2,1-3H3,(H,30,38)/t15-,17+/m0/s1. The molecule has 0 bridgehead atoms. The number of fused-ring (bicyclic) bond motifs is 1. The molecule has 4 aromatic rings. The number of rotatable bonds is 8. The zero-order chi connectivity index (χ0) is 28.6. The average molecular weight is 581 g/mol. The topological polar surface area (TPSA) is 104 Å². The van der Waals surface area contributed by atoms with E-state index in [0.717, 1.165) is 4.57 Å². The zero-order valence-corrected chi connectivity index (χ0v) is 22.8. The van der Waals surface area contributed by atoms with Crippen LogP contribution in [0.3, 0.4) is 0 Å². The summed E-state index contributed by atoms with van der Waals surface area (Å²) in [4.78, 5) is 24.9. The van der Waals surface area contributed by atoms with Gasteiger partial charge in [-0.15, -0.1) is 0 Å². The minimum absolute atomic E-state index is 0.0226. The van der Waals surface area contributed by atoms with Crippen molar-refractivity contribution in [2.24, 2.45) is 0 Å². The van der Waals surface area contributed by atoms with Crippen LogP contribution in [0.2, 0.25) is 0 Å². The molecule has 1 aliphatic rings. The summed E-state index contributed by atoms with van der Waals surface area (Å²) in [6.45, 7) is -0.427. The van der Waals surface area contributed by atoms with Crippen LogP contribution >= 0.6 is 11.3 Å². The minimum Gasteiger partial charge on any atom is -0.379 e. The van der Waals surface area contributed by atoms with E-state index in [1.54, 1.807) is 29.2 Å². The second-order valence-electron chi connectivity index (χ2n) is 9.88. The number of likely N-dealkylation sites (tertiary alicyclic amines) is 1. The number of alkyl halides is 4. The van der Waals surface area contributed by atoms with Gasteiger partial charge in [-0.3, -0.25) is 4.79 Å². The lowest BCUT2D eigenvalue weighted by Crippen LogP contribution is -2.46. The molecule has 0 radical (unpaired) electrons. The molecule has 1 amide bonds. The molecule has 2 N–H and O–H groups in total. The van der Waals surface area contributed by atoms with Crippen LogP contribution in [-0.4, -0.2) is 83.1 Å². The highest BCUT2D eigenvalue weighted by Gasteiger charge is 2.32. The van der Waals surface area contributed by atoms with E-state index in [1.807, 2.05) is 26.0 Å². The number of carbonyl (C=O) groups excluding carboxylic acids is 1. The fourth-order valence-corrected chi connectivity index (χ4v) is 5.37. The first kappa shape index (κ1) is 27.8. The van der Waals surface area contributed by atoms with Gasteiger partial charge in [0.1, 0.15) is 17.6 Å². The van der Waals surface area contributed by atoms with E-state index < -0.39 is 30.8 Å². The number of halogens is 4. The summed E-state index contributed by atoms with van der Waals surface area (Å²) in [5.74, 6) is -0.437. The summed E-state index contributed by atoms with van der Waals surface area (Å²) in [7, 11) is 5.46. The van der Waals surface area contributed by atoms with Gasteiger partial charge in [-0.05, 0) is 31.7 Å². The second kappa shape index (κ2) is 11.0. The first-order valence-corrected chi connectivity index (χ1v) is 13.3. The Kier molecular flexibility index (Phi) is 7.68. The molecule has 1 aliphatic heterocycles. The van der Waals surface area contributed by atoms with Crippen LogP contribution in [0.25, 0.3) is 22.4 Å². The van der Waals surface area contributed by atoms with Crippen LogP contribution in [-0.2, 0) is 13.1 Å². The first-order valence-electron chi connectivity index (χ1n) is 12.5. The van der Waals surface area contributed by atoms with Crippen molar-refractivity contribution in [3.63, 3.8) is 0 Å². The Hall–Kier alpha value is -3.72. The van der Waals surface area contributed by atoms with Gasteiger partial charge in [0.05, 0.1) is 30.0 Å². The Bertz CT molecular complexity index is 1500. The predicted molar refractivity (Wildman–Crippen MR) is 143 cm³/mol. The van der Waals surface area contributed by atoms with Gasteiger partial charge < -0.3 is 29.5 Å². The SMILES string of the molecule is CN1CC[C@@H](Nc2cccc3c2cc(-c2noc(CNC(=O)c4cnc(N(C)C)s4)n2)n3CC(F)(F)F)[C@@H](F)C1. The highest BCUT2D eigenvalue weighted by atomic mass is 32.1. The maximum Gasteiger partial charge on any atom is 0.406 e. The van der Waals surface area contributed by atoms with E-state index in [9.17, 15) is 22.4 Å². The molecular weight excluding hydrogens is 552 g/mol. The molecule has 10 nitrogen and oxygen atoms in total. The van der Waals surface area contributed by atoms with Crippen LogP contribution in [0.4, 0.5) is 28.4 Å². The number of benzene rings is 1. The highest BCUT2D eigenvalue weighted by molar-refractivity contribution is 7.17. The molecule has 4 heterocycles. The van der Waals surface area contributed by atoms with Crippen LogP contribution in [0.1, 0.15) is 22.0 Å². The molecule has 2 atom stereocenters. The molecule has 0 saturated carbocycles. The fraction of sp³-hybridized carbons (Fsp3) is 0.440. The lowest BCUT2D eigenvalue weighted by atomic mass is 10.0. The number of nitrogens with one attached hydrogen (secondary N) is 2.